The van der Waals surface area contributed by atoms with E-state index in [1.165, 1.54) is 0 Å². The summed E-state index contributed by atoms with van der Waals surface area (Å²) in [5.41, 5.74) is 7.55. The summed E-state index contributed by atoms with van der Waals surface area (Å²) in [5, 5.41) is 0. The molecule has 0 saturated heterocycles. The first-order valence-electron chi connectivity index (χ1n) is 4.60. The zero-order valence-corrected chi connectivity index (χ0v) is 8.32. The van der Waals surface area contributed by atoms with Gasteiger partial charge in [-0.15, -0.1) is 0 Å². The highest BCUT2D eigenvalue weighted by atomic mass is 16.5. The quantitative estimate of drug-likeness (QED) is 0.784. The van der Waals surface area contributed by atoms with E-state index in [2.05, 4.69) is 4.98 Å². The number of nitrogen functional groups attached to an aromatic ring is 1. The maximum absolute atomic E-state index is 5.89. The van der Waals surface area contributed by atoms with Crippen molar-refractivity contribution >= 4 is 11.5 Å². The number of fused-ring (bicyclic) bond motifs is 1. The number of ether oxygens (including phenoxy) is 1. The van der Waals surface area contributed by atoms with Crippen LogP contribution in [0.4, 0.5) is 5.82 Å². The summed E-state index contributed by atoms with van der Waals surface area (Å²) in [6.45, 7) is 4.45. The highest BCUT2D eigenvalue weighted by Crippen LogP contribution is 2.21. The lowest BCUT2D eigenvalue weighted by Gasteiger charge is -2.06. The Bertz CT molecular complexity index is 462. The Morgan fingerprint density at radius 3 is 3.00 bits per heavy atom. The van der Waals surface area contributed by atoms with Gasteiger partial charge in [0.25, 0.3) is 0 Å². The standard InChI is InChI=1S/C10H13N3O/c1-3-14-9-6-4-5-8-12-7(2)10(11)13(8)9/h4-6H,3,11H2,1-2H3. The van der Waals surface area contributed by atoms with Crippen LogP contribution < -0.4 is 10.5 Å². The van der Waals surface area contributed by atoms with Crippen molar-refractivity contribution in [3.05, 3.63) is 23.9 Å². The van der Waals surface area contributed by atoms with Gasteiger partial charge >= 0.3 is 0 Å². The van der Waals surface area contributed by atoms with Gasteiger partial charge in [-0.1, -0.05) is 6.07 Å². The van der Waals surface area contributed by atoms with Crippen LogP contribution in [0.25, 0.3) is 5.65 Å². The highest BCUT2D eigenvalue weighted by molar-refractivity contribution is 5.55. The van der Waals surface area contributed by atoms with Crippen LogP contribution in [0.2, 0.25) is 0 Å². The lowest BCUT2D eigenvalue weighted by atomic mass is 10.4. The van der Waals surface area contributed by atoms with Gasteiger partial charge in [0.1, 0.15) is 11.5 Å². The smallest absolute Gasteiger partial charge is 0.200 e. The third kappa shape index (κ3) is 1.19. The van der Waals surface area contributed by atoms with Crippen LogP contribution in [-0.4, -0.2) is 16.0 Å². The second-order valence-corrected chi connectivity index (χ2v) is 3.07. The molecule has 2 aromatic rings. The molecule has 0 amide bonds. The normalized spacial score (nSPS) is 10.7. The van der Waals surface area contributed by atoms with Crippen LogP contribution in [0.15, 0.2) is 18.2 Å². The van der Waals surface area contributed by atoms with Crippen molar-refractivity contribution in [3.63, 3.8) is 0 Å². The maximum atomic E-state index is 5.89. The first-order valence-corrected chi connectivity index (χ1v) is 4.60. The van der Waals surface area contributed by atoms with E-state index in [4.69, 9.17) is 10.5 Å². The van der Waals surface area contributed by atoms with Crippen molar-refractivity contribution in [1.82, 2.24) is 9.38 Å². The molecule has 2 heterocycles. The molecule has 0 aliphatic rings. The lowest BCUT2D eigenvalue weighted by Crippen LogP contribution is -2.01. The molecule has 0 fully saturated rings. The number of hydrogen-bond donors (Lipinski definition) is 1. The van der Waals surface area contributed by atoms with Crippen molar-refractivity contribution in [3.8, 4) is 5.88 Å². The first kappa shape index (κ1) is 8.87. The van der Waals surface area contributed by atoms with E-state index in [9.17, 15) is 0 Å². The second-order valence-electron chi connectivity index (χ2n) is 3.07. The van der Waals surface area contributed by atoms with Gasteiger partial charge in [-0.25, -0.2) is 9.38 Å². The summed E-state index contributed by atoms with van der Waals surface area (Å²) in [6, 6.07) is 5.70. The Hall–Kier alpha value is -1.71. The van der Waals surface area contributed by atoms with Crippen LogP contribution in [0.1, 0.15) is 12.6 Å². The number of aryl methyl sites for hydroxylation is 1. The summed E-state index contributed by atoms with van der Waals surface area (Å²) >= 11 is 0. The van der Waals surface area contributed by atoms with Crippen molar-refractivity contribution < 1.29 is 4.74 Å². The zero-order chi connectivity index (χ0) is 10.1. The van der Waals surface area contributed by atoms with E-state index in [-0.39, 0.29) is 0 Å². The molecule has 0 bridgehead atoms. The van der Waals surface area contributed by atoms with E-state index < -0.39 is 0 Å². The molecular formula is C10H13N3O. The number of rotatable bonds is 2. The molecule has 0 saturated carbocycles. The Morgan fingerprint density at radius 2 is 2.29 bits per heavy atom. The Kier molecular flexibility index (Phi) is 2.04. The van der Waals surface area contributed by atoms with Gasteiger partial charge in [0.15, 0.2) is 0 Å². The van der Waals surface area contributed by atoms with Crippen LogP contribution in [0, 0.1) is 6.92 Å². The molecule has 0 atom stereocenters. The van der Waals surface area contributed by atoms with Crippen molar-refractivity contribution in [1.29, 1.82) is 0 Å². The van der Waals surface area contributed by atoms with Crippen molar-refractivity contribution in [2.75, 3.05) is 12.3 Å². The molecule has 0 aromatic carbocycles. The van der Waals surface area contributed by atoms with Gasteiger partial charge in [-0.3, -0.25) is 0 Å². The molecule has 2 aromatic heterocycles. The molecule has 0 unspecified atom stereocenters. The summed E-state index contributed by atoms with van der Waals surface area (Å²) in [7, 11) is 0. The lowest BCUT2D eigenvalue weighted by molar-refractivity contribution is 0.323. The number of hydrogen-bond acceptors (Lipinski definition) is 3. The fourth-order valence-corrected chi connectivity index (χ4v) is 1.46. The molecule has 0 aliphatic carbocycles. The van der Waals surface area contributed by atoms with Gasteiger partial charge in [0.2, 0.25) is 5.88 Å². The minimum absolute atomic E-state index is 0.621. The molecule has 4 heteroatoms. The fraction of sp³-hybridized carbons (Fsp3) is 0.300. The molecule has 74 valence electrons. The predicted molar refractivity (Wildman–Crippen MR) is 55.5 cm³/mol. The monoisotopic (exact) mass is 191 g/mol. The number of pyridine rings is 1. The summed E-state index contributed by atoms with van der Waals surface area (Å²) in [4.78, 5) is 4.31. The summed E-state index contributed by atoms with van der Waals surface area (Å²) in [6.07, 6.45) is 0. The molecule has 2 N–H and O–H groups in total. The molecule has 14 heavy (non-hydrogen) atoms. The molecular weight excluding hydrogens is 178 g/mol. The predicted octanol–water partition coefficient (Wildman–Crippen LogP) is 1.62. The summed E-state index contributed by atoms with van der Waals surface area (Å²) in [5.74, 6) is 1.38. The van der Waals surface area contributed by atoms with Gasteiger partial charge in [0.05, 0.1) is 12.3 Å². The third-order valence-electron chi connectivity index (χ3n) is 2.12. The van der Waals surface area contributed by atoms with E-state index >= 15 is 0 Å². The summed E-state index contributed by atoms with van der Waals surface area (Å²) < 4.78 is 7.27. The van der Waals surface area contributed by atoms with E-state index in [0.717, 1.165) is 17.2 Å². The van der Waals surface area contributed by atoms with Crippen molar-refractivity contribution in [2.24, 2.45) is 0 Å². The van der Waals surface area contributed by atoms with Gasteiger partial charge in [-0.05, 0) is 26.0 Å². The zero-order valence-electron chi connectivity index (χ0n) is 8.32. The van der Waals surface area contributed by atoms with Crippen LogP contribution in [0.5, 0.6) is 5.88 Å². The Labute approximate surface area is 82.3 Å². The molecule has 0 radical (unpaired) electrons. The average molecular weight is 191 g/mol. The number of aromatic nitrogens is 2. The minimum Gasteiger partial charge on any atom is -0.479 e. The molecule has 0 spiro atoms. The fourth-order valence-electron chi connectivity index (χ4n) is 1.46. The van der Waals surface area contributed by atoms with Crippen LogP contribution >= 0.6 is 0 Å². The largest absolute Gasteiger partial charge is 0.479 e. The van der Waals surface area contributed by atoms with Crippen LogP contribution in [-0.2, 0) is 0 Å². The van der Waals surface area contributed by atoms with Crippen LogP contribution in [0.3, 0.4) is 0 Å². The number of imidazole rings is 1. The van der Waals surface area contributed by atoms with E-state index in [1.807, 2.05) is 36.4 Å². The third-order valence-corrected chi connectivity index (χ3v) is 2.12. The van der Waals surface area contributed by atoms with Crippen molar-refractivity contribution in [2.45, 2.75) is 13.8 Å². The van der Waals surface area contributed by atoms with E-state index in [1.54, 1.807) is 0 Å². The number of nitrogens with zero attached hydrogens (tertiary/aromatic N) is 2. The Morgan fingerprint density at radius 1 is 1.50 bits per heavy atom. The average Bonchev–Trinajstić information content (AvgIpc) is 2.45. The van der Waals surface area contributed by atoms with Gasteiger partial charge in [-0.2, -0.15) is 0 Å². The van der Waals surface area contributed by atoms with Gasteiger partial charge in [0, 0.05) is 0 Å². The maximum Gasteiger partial charge on any atom is 0.200 e. The minimum atomic E-state index is 0.621. The first-order chi connectivity index (χ1) is 6.74. The SMILES string of the molecule is CCOc1cccc2nc(C)c(N)n12. The molecule has 2 rings (SSSR count). The topological polar surface area (TPSA) is 52.5 Å². The second kappa shape index (κ2) is 3.21. The highest BCUT2D eigenvalue weighted by Gasteiger charge is 2.08. The molecule has 4 nitrogen and oxygen atoms in total. The van der Waals surface area contributed by atoms with Gasteiger partial charge < -0.3 is 10.5 Å². The van der Waals surface area contributed by atoms with E-state index in [0.29, 0.717) is 12.4 Å². The molecule has 0 aliphatic heterocycles. The number of anilines is 1. The Balaban J connectivity index is 2.71. The number of nitrogens with two attached hydrogens (primary N) is 1.